The predicted molar refractivity (Wildman–Crippen MR) is 170 cm³/mol. The number of amides is 3. The summed E-state index contributed by atoms with van der Waals surface area (Å²) in [6.07, 6.45) is 3.13. The van der Waals surface area contributed by atoms with Crippen LogP contribution in [0.15, 0.2) is 60.7 Å². The molecule has 1 unspecified atom stereocenters. The third kappa shape index (κ3) is 18.6. The molecule has 14 heteroatoms. The molecule has 0 saturated heterocycles. The Balaban J connectivity index is 1.60. The number of carbonyl (C=O) groups excluding carboxylic acids is 4. The van der Waals surface area contributed by atoms with Crippen LogP contribution >= 0.6 is 0 Å². The van der Waals surface area contributed by atoms with E-state index < -0.39 is 55.6 Å². The summed E-state index contributed by atoms with van der Waals surface area (Å²) in [5.41, 5.74) is 1.80. The van der Waals surface area contributed by atoms with Crippen LogP contribution in [0.2, 0.25) is 0 Å². The highest BCUT2D eigenvalue weighted by atomic mass is 16.5. The molecule has 1 atom stereocenters. The fourth-order valence-electron chi connectivity index (χ4n) is 4.45. The lowest BCUT2D eigenvalue weighted by molar-refractivity contribution is -0.150. The Morgan fingerprint density at radius 1 is 0.681 bits per heavy atom. The molecular formula is C33H44N4O10. The molecule has 256 valence electrons. The Morgan fingerprint density at radius 2 is 1.30 bits per heavy atom. The minimum atomic E-state index is -1.28. The van der Waals surface area contributed by atoms with Crippen molar-refractivity contribution in [3.05, 3.63) is 71.8 Å². The zero-order valence-corrected chi connectivity index (χ0v) is 26.4. The Morgan fingerprint density at radius 3 is 1.96 bits per heavy atom. The van der Waals surface area contributed by atoms with Gasteiger partial charge in [0.15, 0.2) is 0 Å². The number of esters is 1. The first-order chi connectivity index (χ1) is 22.6. The van der Waals surface area contributed by atoms with Gasteiger partial charge in [-0.1, -0.05) is 67.1 Å². The molecule has 0 aliphatic carbocycles. The second-order valence-corrected chi connectivity index (χ2v) is 10.7. The average Bonchev–Trinajstić information content (AvgIpc) is 3.04. The van der Waals surface area contributed by atoms with Crippen molar-refractivity contribution >= 4 is 35.8 Å². The molecule has 2 aromatic carbocycles. The molecule has 0 heterocycles. The first-order valence-electron chi connectivity index (χ1n) is 15.5. The molecule has 0 saturated carbocycles. The summed E-state index contributed by atoms with van der Waals surface area (Å²) >= 11 is 0. The topological polar surface area (TPSA) is 201 Å². The smallest absolute Gasteiger partial charge is 0.407 e. The van der Waals surface area contributed by atoms with Crippen LogP contribution in [-0.2, 0) is 40.1 Å². The fraction of sp³-hybridized carbons (Fsp3) is 0.455. The van der Waals surface area contributed by atoms with Crippen molar-refractivity contribution < 1.29 is 48.5 Å². The molecule has 0 fully saturated rings. The monoisotopic (exact) mass is 656 g/mol. The Kier molecular flexibility index (Phi) is 18.3. The standard InChI is InChI=1S/C33H44N4O10/c38-28(20-36-29(39)21-37(22-30(40)41)23-31(42)43)34-18-10-3-8-17-32(44)47-27(26-14-6-2-7-15-26)16-9-11-19-35-33(45)46-24-25-12-4-1-5-13-25/h1-2,4-7,12-15,27H,3,8-11,16-24H2,(H,34,38)(H,35,45)(H,36,39)(H,40,41)(H,42,43). The number of unbranched alkanes of at least 4 members (excludes halogenated alkanes) is 3. The van der Waals surface area contributed by atoms with Crippen LogP contribution in [-0.4, -0.2) is 90.2 Å². The maximum Gasteiger partial charge on any atom is 0.407 e. The molecular weight excluding hydrogens is 612 g/mol. The maximum absolute atomic E-state index is 12.6. The second-order valence-electron chi connectivity index (χ2n) is 10.7. The second kappa shape index (κ2) is 22.5. The largest absolute Gasteiger partial charge is 0.480 e. The number of carboxylic acid groups (broad SMARTS) is 2. The minimum Gasteiger partial charge on any atom is -0.480 e. The zero-order chi connectivity index (χ0) is 34.3. The number of alkyl carbamates (subject to hydrolysis) is 1. The van der Waals surface area contributed by atoms with Crippen LogP contribution in [0.3, 0.4) is 0 Å². The highest BCUT2D eigenvalue weighted by molar-refractivity contribution is 5.86. The molecule has 0 aromatic heterocycles. The van der Waals surface area contributed by atoms with E-state index in [-0.39, 0.29) is 25.5 Å². The number of nitrogens with zero attached hydrogens (tertiary/aromatic N) is 1. The SMILES string of the molecule is O=C(O)CN(CC(=O)O)CC(=O)NCC(=O)NCCCCCC(=O)OC(CCCCNC(=O)OCc1ccccc1)c1ccccc1. The van der Waals surface area contributed by atoms with E-state index in [1.165, 1.54) is 0 Å². The molecule has 47 heavy (non-hydrogen) atoms. The number of benzene rings is 2. The van der Waals surface area contributed by atoms with Crippen molar-refractivity contribution in [2.45, 2.75) is 57.7 Å². The zero-order valence-electron chi connectivity index (χ0n) is 26.4. The number of carbonyl (C=O) groups is 6. The van der Waals surface area contributed by atoms with Crippen LogP contribution in [0.25, 0.3) is 0 Å². The summed E-state index contributed by atoms with van der Waals surface area (Å²) in [4.78, 5) is 71.1. The van der Waals surface area contributed by atoms with Crippen molar-refractivity contribution in [2.75, 3.05) is 39.3 Å². The van der Waals surface area contributed by atoms with Crippen molar-refractivity contribution in [3.63, 3.8) is 0 Å². The highest BCUT2D eigenvalue weighted by Crippen LogP contribution is 2.24. The van der Waals surface area contributed by atoms with Crippen LogP contribution in [0.5, 0.6) is 0 Å². The van der Waals surface area contributed by atoms with E-state index in [4.69, 9.17) is 19.7 Å². The lowest BCUT2D eigenvalue weighted by atomic mass is 10.0. The molecule has 0 aliphatic heterocycles. The van der Waals surface area contributed by atoms with Gasteiger partial charge in [0.25, 0.3) is 0 Å². The van der Waals surface area contributed by atoms with E-state index in [1.54, 1.807) is 0 Å². The van der Waals surface area contributed by atoms with Gasteiger partial charge in [-0.3, -0.25) is 28.9 Å². The number of hydrogen-bond acceptors (Lipinski definition) is 9. The van der Waals surface area contributed by atoms with Gasteiger partial charge in [0.2, 0.25) is 11.8 Å². The highest BCUT2D eigenvalue weighted by Gasteiger charge is 2.18. The quantitative estimate of drug-likeness (QED) is 0.0870. The van der Waals surface area contributed by atoms with Gasteiger partial charge in [0.05, 0.1) is 26.2 Å². The Bertz CT molecular complexity index is 1260. The fourth-order valence-corrected chi connectivity index (χ4v) is 4.45. The number of nitrogens with one attached hydrogen (secondary N) is 3. The summed E-state index contributed by atoms with van der Waals surface area (Å²) in [7, 11) is 0. The van der Waals surface area contributed by atoms with Gasteiger partial charge in [0, 0.05) is 19.5 Å². The van der Waals surface area contributed by atoms with E-state index >= 15 is 0 Å². The van der Waals surface area contributed by atoms with Gasteiger partial charge in [-0.15, -0.1) is 0 Å². The predicted octanol–water partition coefficient (Wildman–Crippen LogP) is 2.63. The van der Waals surface area contributed by atoms with E-state index in [9.17, 15) is 28.8 Å². The van der Waals surface area contributed by atoms with Crippen LogP contribution in [0, 0.1) is 0 Å². The third-order valence-electron chi connectivity index (χ3n) is 6.73. The van der Waals surface area contributed by atoms with Crippen LogP contribution in [0.1, 0.15) is 62.2 Å². The summed E-state index contributed by atoms with van der Waals surface area (Å²) in [5, 5.41) is 25.4. The number of hydrogen-bond donors (Lipinski definition) is 5. The normalized spacial score (nSPS) is 11.3. The summed E-state index contributed by atoms with van der Waals surface area (Å²) in [5.74, 6) is -4.01. The molecule has 3 amide bonds. The molecule has 0 bridgehead atoms. The lowest BCUT2D eigenvalue weighted by Gasteiger charge is -2.18. The molecule has 14 nitrogen and oxygen atoms in total. The molecule has 2 rings (SSSR count). The van der Waals surface area contributed by atoms with E-state index in [0.29, 0.717) is 45.2 Å². The van der Waals surface area contributed by atoms with Gasteiger partial charge in [-0.25, -0.2) is 4.79 Å². The number of carboxylic acids is 2. The van der Waals surface area contributed by atoms with Crippen molar-refractivity contribution in [3.8, 4) is 0 Å². The molecule has 0 spiro atoms. The maximum atomic E-state index is 12.6. The Labute approximate surface area is 273 Å². The summed E-state index contributed by atoms with van der Waals surface area (Å²) < 4.78 is 11.0. The lowest BCUT2D eigenvalue weighted by Crippen LogP contribution is -2.44. The number of aliphatic carboxylic acids is 2. The average molecular weight is 657 g/mol. The van der Waals surface area contributed by atoms with Crippen LogP contribution < -0.4 is 16.0 Å². The number of rotatable bonds is 23. The van der Waals surface area contributed by atoms with Gasteiger partial charge in [0.1, 0.15) is 12.7 Å². The summed E-state index contributed by atoms with van der Waals surface area (Å²) in [6.45, 7) is -1.10. The van der Waals surface area contributed by atoms with E-state index in [0.717, 1.165) is 22.4 Å². The molecule has 2 aromatic rings. The number of ether oxygens (including phenoxy) is 2. The van der Waals surface area contributed by atoms with Gasteiger partial charge in [-0.05, 0) is 43.2 Å². The minimum absolute atomic E-state index is 0.198. The first kappa shape index (κ1) is 38.2. The van der Waals surface area contributed by atoms with Gasteiger partial charge in [-0.2, -0.15) is 0 Å². The van der Waals surface area contributed by atoms with Gasteiger partial charge >= 0.3 is 24.0 Å². The van der Waals surface area contributed by atoms with Crippen molar-refractivity contribution in [1.29, 1.82) is 0 Å². The van der Waals surface area contributed by atoms with Gasteiger partial charge < -0.3 is 35.6 Å². The van der Waals surface area contributed by atoms with Crippen LogP contribution in [0.4, 0.5) is 4.79 Å². The van der Waals surface area contributed by atoms with E-state index in [2.05, 4.69) is 16.0 Å². The van der Waals surface area contributed by atoms with Crippen molar-refractivity contribution in [1.82, 2.24) is 20.9 Å². The molecule has 5 N–H and O–H groups in total. The summed E-state index contributed by atoms with van der Waals surface area (Å²) in [6, 6.07) is 18.9. The third-order valence-corrected chi connectivity index (χ3v) is 6.73. The first-order valence-corrected chi connectivity index (χ1v) is 15.5. The molecule has 0 aliphatic rings. The van der Waals surface area contributed by atoms with Crippen molar-refractivity contribution in [2.24, 2.45) is 0 Å². The Hall–Kier alpha value is -4.98. The van der Waals surface area contributed by atoms with E-state index in [1.807, 2.05) is 60.7 Å². The molecule has 0 radical (unpaired) electrons.